The maximum atomic E-state index is 2.38. The molecule has 1 heteroatoms. The van der Waals surface area contributed by atoms with E-state index >= 15 is 0 Å². The molecule has 2 saturated carbocycles. The van der Waals surface area contributed by atoms with Gasteiger partial charge in [0.2, 0.25) is 0 Å². The van der Waals surface area contributed by atoms with Gasteiger partial charge in [-0.3, -0.25) is 0 Å². The van der Waals surface area contributed by atoms with Crippen LogP contribution in [0.4, 0.5) is 0 Å². The number of rotatable bonds is 1. The Hall–Kier alpha value is 0.0649. The van der Waals surface area contributed by atoms with E-state index in [0.29, 0.717) is 0 Å². The van der Waals surface area contributed by atoms with Gasteiger partial charge in [0.25, 0.3) is 0 Å². The monoisotopic (exact) mass is 107 g/mol. The lowest BCUT2D eigenvalue weighted by Gasteiger charge is -1.84. The summed E-state index contributed by atoms with van der Waals surface area (Å²) < 4.78 is 0. The lowest BCUT2D eigenvalue weighted by atomic mass is 9.74. The number of hydrogen-bond donors (Lipinski definition) is 0. The molecule has 1 spiro atoms. The fourth-order valence-corrected chi connectivity index (χ4v) is 2.11. The first kappa shape index (κ1) is 4.90. The van der Waals surface area contributed by atoms with Gasteiger partial charge in [0.05, 0.1) is 0 Å². The van der Waals surface area contributed by atoms with Crippen LogP contribution in [0.15, 0.2) is 0 Å². The molecule has 3 unspecified atom stereocenters. The lowest BCUT2D eigenvalue weighted by molar-refractivity contribution is 0.770. The summed E-state index contributed by atoms with van der Waals surface area (Å²) in [6.45, 7) is 4.58. The summed E-state index contributed by atoms with van der Waals surface area (Å²) in [5, 5.41) is 0. The Morgan fingerprint density at radius 3 is 2.25 bits per heavy atom. The molecule has 2 aliphatic rings. The molecule has 0 N–H and O–H groups in total. The number of hydrogen-bond acceptors (Lipinski definition) is 0. The maximum Gasteiger partial charge on any atom is 0.110 e. The molecule has 3 atom stereocenters. The maximum absolute atomic E-state index is 2.38. The van der Waals surface area contributed by atoms with E-state index in [0.717, 1.165) is 17.2 Å². The van der Waals surface area contributed by atoms with Crippen molar-refractivity contribution in [1.82, 2.24) is 0 Å². The van der Waals surface area contributed by atoms with E-state index < -0.39 is 0 Å². The summed E-state index contributed by atoms with van der Waals surface area (Å²) >= 11 is 0. The van der Waals surface area contributed by atoms with Gasteiger partial charge in [-0.2, -0.15) is 0 Å². The molecule has 0 bridgehead atoms. The van der Waals surface area contributed by atoms with Crippen molar-refractivity contribution in [1.29, 1.82) is 0 Å². The Labute approximate surface area is 51.9 Å². The van der Waals surface area contributed by atoms with Gasteiger partial charge in [0.15, 0.2) is 0 Å². The second-order valence-electron chi connectivity index (χ2n) is 3.48. The third kappa shape index (κ3) is 0.386. The summed E-state index contributed by atoms with van der Waals surface area (Å²) in [7, 11) is 2.38. The molecule has 43 valence electrons. The minimum Gasteiger partial charge on any atom is -0.0917 e. The standard InChI is InChI=1S/C7H12B/c1-5-3-7(5)4-6(7)8-2/h5-6H,3-4H2,1-2H3. The average molecular weight is 107 g/mol. The Balaban J connectivity index is 1.97. The highest BCUT2D eigenvalue weighted by Crippen LogP contribution is 2.77. The third-order valence-corrected chi connectivity index (χ3v) is 3.09. The van der Waals surface area contributed by atoms with Crippen LogP contribution in [0.25, 0.3) is 0 Å². The van der Waals surface area contributed by atoms with E-state index in [-0.39, 0.29) is 0 Å². The molecule has 0 aliphatic heterocycles. The lowest BCUT2D eigenvalue weighted by Crippen LogP contribution is -1.82. The zero-order valence-electron chi connectivity index (χ0n) is 5.65. The normalized spacial score (nSPS) is 58.8. The van der Waals surface area contributed by atoms with Crippen molar-refractivity contribution in [2.75, 3.05) is 0 Å². The molecular weight excluding hydrogens is 94.9 g/mol. The summed E-state index contributed by atoms with van der Waals surface area (Å²) in [5.41, 5.74) is 0.870. The van der Waals surface area contributed by atoms with Gasteiger partial charge in [-0.05, 0) is 17.8 Å². The molecule has 0 aromatic rings. The summed E-state index contributed by atoms with van der Waals surface area (Å²) in [4.78, 5) is 0. The van der Waals surface area contributed by atoms with E-state index in [1.807, 2.05) is 0 Å². The van der Waals surface area contributed by atoms with E-state index in [9.17, 15) is 0 Å². The molecule has 2 fully saturated rings. The van der Waals surface area contributed by atoms with Crippen molar-refractivity contribution in [3.05, 3.63) is 0 Å². The van der Waals surface area contributed by atoms with Crippen LogP contribution < -0.4 is 0 Å². The molecule has 0 aromatic carbocycles. The topological polar surface area (TPSA) is 0 Å². The molecule has 1 radical (unpaired) electrons. The quantitative estimate of drug-likeness (QED) is 0.449. The molecule has 8 heavy (non-hydrogen) atoms. The third-order valence-electron chi connectivity index (χ3n) is 3.09. The summed E-state index contributed by atoms with van der Waals surface area (Å²) in [6, 6.07) is 0. The highest BCUT2D eigenvalue weighted by atomic mass is 14.7. The summed E-state index contributed by atoms with van der Waals surface area (Å²) in [6.07, 6.45) is 3.02. The van der Waals surface area contributed by atoms with Crippen LogP contribution in [-0.4, -0.2) is 7.28 Å². The molecule has 0 saturated heterocycles. The minimum atomic E-state index is 0.870. The van der Waals surface area contributed by atoms with Crippen LogP contribution in [0.5, 0.6) is 0 Å². The molecule has 2 rings (SSSR count). The molecule has 0 amide bonds. The van der Waals surface area contributed by atoms with Crippen LogP contribution in [0.2, 0.25) is 12.6 Å². The van der Waals surface area contributed by atoms with Gasteiger partial charge in [0.1, 0.15) is 7.28 Å². The van der Waals surface area contributed by atoms with E-state index in [1.165, 1.54) is 12.8 Å². The first-order valence-electron chi connectivity index (χ1n) is 3.59. The average Bonchev–Trinajstić information content (AvgIpc) is 2.55. The van der Waals surface area contributed by atoms with Crippen molar-refractivity contribution in [3.63, 3.8) is 0 Å². The van der Waals surface area contributed by atoms with E-state index in [1.54, 1.807) is 0 Å². The van der Waals surface area contributed by atoms with Crippen LogP contribution in [0.3, 0.4) is 0 Å². The zero-order chi connectivity index (χ0) is 5.78. The molecule has 0 aromatic heterocycles. The Morgan fingerprint density at radius 1 is 1.50 bits per heavy atom. The first-order chi connectivity index (χ1) is 3.79. The SMILES string of the molecule is C[B]C1CC12CC2C. The largest absolute Gasteiger partial charge is 0.110 e. The van der Waals surface area contributed by atoms with Gasteiger partial charge in [-0.15, -0.1) is 0 Å². The predicted octanol–water partition coefficient (Wildman–Crippen LogP) is 1.96. The smallest absolute Gasteiger partial charge is 0.0917 e. The van der Waals surface area contributed by atoms with Crippen LogP contribution in [0, 0.1) is 11.3 Å². The fraction of sp³-hybridized carbons (Fsp3) is 1.00. The highest BCUT2D eigenvalue weighted by Gasteiger charge is 2.66. The molecule has 2 aliphatic carbocycles. The van der Waals surface area contributed by atoms with Gasteiger partial charge in [0, 0.05) is 0 Å². The van der Waals surface area contributed by atoms with Crippen LogP contribution >= 0.6 is 0 Å². The summed E-state index contributed by atoms with van der Waals surface area (Å²) in [5.74, 6) is 2.07. The van der Waals surface area contributed by atoms with Gasteiger partial charge in [-0.25, -0.2) is 0 Å². The van der Waals surface area contributed by atoms with Crippen LogP contribution in [-0.2, 0) is 0 Å². The molecule has 0 heterocycles. The van der Waals surface area contributed by atoms with E-state index in [4.69, 9.17) is 0 Å². The first-order valence-corrected chi connectivity index (χ1v) is 3.59. The van der Waals surface area contributed by atoms with Crippen molar-refractivity contribution in [3.8, 4) is 0 Å². The minimum absolute atomic E-state index is 0.870. The Bertz CT molecular complexity index is 122. The van der Waals surface area contributed by atoms with Crippen molar-refractivity contribution >= 4 is 7.28 Å². The molecule has 0 nitrogen and oxygen atoms in total. The predicted molar refractivity (Wildman–Crippen MR) is 36.2 cm³/mol. The Morgan fingerprint density at radius 2 is 2.12 bits per heavy atom. The zero-order valence-corrected chi connectivity index (χ0v) is 5.65. The highest BCUT2D eigenvalue weighted by molar-refractivity contribution is 6.37. The van der Waals surface area contributed by atoms with E-state index in [2.05, 4.69) is 21.0 Å². The van der Waals surface area contributed by atoms with Gasteiger partial charge >= 0.3 is 0 Å². The van der Waals surface area contributed by atoms with Gasteiger partial charge < -0.3 is 0 Å². The fourth-order valence-electron chi connectivity index (χ4n) is 2.11. The van der Waals surface area contributed by atoms with Gasteiger partial charge in [-0.1, -0.05) is 26.0 Å². The van der Waals surface area contributed by atoms with Crippen molar-refractivity contribution < 1.29 is 0 Å². The second kappa shape index (κ2) is 1.15. The molecular formula is C7H12B. The second-order valence-corrected chi connectivity index (χ2v) is 3.48. The van der Waals surface area contributed by atoms with Crippen LogP contribution in [0.1, 0.15) is 19.8 Å². The Kier molecular flexibility index (Phi) is 0.701. The van der Waals surface area contributed by atoms with Crippen molar-refractivity contribution in [2.24, 2.45) is 11.3 Å². The van der Waals surface area contributed by atoms with Crippen molar-refractivity contribution in [2.45, 2.75) is 32.4 Å².